The minimum atomic E-state index is -0.391. The molecule has 7 nitrogen and oxygen atoms in total. The topological polar surface area (TPSA) is 89.3 Å². The second-order valence-corrected chi connectivity index (χ2v) is 6.63. The molecule has 1 aliphatic carbocycles. The molecule has 124 valence electrons. The number of ether oxygens (including phenoxy) is 1. The first-order valence-corrected chi connectivity index (χ1v) is 8.38. The van der Waals surface area contributed by atoms with Crippen molar-refractivity contribution in [3.05, 3.63) is 39.8 Å². The van der Waals surface area contributed by atoms with Crippen LogP contribution >= 0.6 is 15.9 Å². The summed E-state index contributed by atoms with van der Waals surface area (Å²) in [5, 5.41) is 17.6. The second-order valence-electron chi connectivity index (χ2n) is 5.78. The van der Waals surface area contributed by atoms with Crippen LogP contribution in [-0.4, -0.2) is 32.8 Å². The number of allylic oxidation sites excluding steroid dienone is 2. The highest BCUT2D eigenvalue weighted by Gasteiger charge is 2.36. The lowest BCUT2D eigenvalue weighted by Crippen LogP contribution is -2.31. The number of aromatic nitrogens is 3. The maximum Gasteiger partial charge on any atom is 0.226 e. The molecule has 1 aliphatic heterocycles. The van der Waals surface area contributed by atoms with E-state index in [0.29, 0.717) is 28.2 Å². The summed E-state index contributed by atoms with van der Waals surface area (Å²) < 4.78 is 7.44. The van der Waals surface area contributed by atoms with Crippen molar-refractivity contribution in [2.24, 2.45) is 0 Å². The van der Waals surface area contributed by atoms with E-state index >= 15 is 0 Å². The number of halogens is 1. The van der Waals surface area contributed by atoms with Crippen LogP contribution in [-0.2, 0) is 4.79 Å². The minimum absolute atomic E-state index is 0.0261. The molecule has 1 aromatic heterocycles. The van der Waals surface area contributed by atoms with Gasteiger partial charge >= 0.3 is 0 Å². The number of phenols is 1. The zero-order valence-electron chi connectivity index (χ0n) is 12.9. The fourth-order valence-electron chi connectivity index (χ4n) is 3.31. The maximum atomic E-state index is 12.6. The first-order chi connectivity index (χ1) is 11.6. The number of rotatable bonds is 2. The average molecular weight is 391 g/mol. The third-order valence-electron chi connectivity index (χ3n) is 4.40. The van der Waals surface area contributed by atoms with Crippen molar-refractivity contribution in [1.82, 2.24) is 14.8 Å². The molecule has 2 heterocycles. The molecule has 0 saturated heterocycles. The van der Waals surface area contributed by atoms with Crippen molar-refractivity contribution in [1.29, 1.82) is 0 Å². The Morgan fingerprint density at radius 3 is 3.04 bits per heavy atom. The number of carbonyl (C=O) groups is 1. The van der Waals surface area contributed by atoms with Crippen molar-refractivity contribution in [3.63, 3.8) is 0 Å². The summed E-state index contributed by atoms with van der Waals surface area (Å²) in [6, 6.07) is 3.12. The smallest absolute Gasteiger partial charge is 0.226 e. The number of ketones is 1. The molecule has 1 aromatic carbocycles. The summed E-state index contributed by atoms with van der Waals surface area (Å²) in [5.74, 6) is 1.08. The standard InChI is InChI=1S/C16H15BrN4O3/c1-24-12-6-8(5-9(17)15(12)23)14-13-10(3-2-4-11(13)22)20-16-18-7-19-21(14)16/h5-7,14,23H,2-4H2,1H3,(H,18,19,20)/t14-/m0/s1. The lowest BCUT2D eigenvalue weighted by atomic mass is 9.85. The van der Waals surface area contributed by atoms with Crippen LogP contribution in [0.2, 0.25) is 0 Å². The van der Waals surface area contributed by atoms with Crippen LogP contribution in [0.25, 0.3) is 0 Å². The lowest BCUT2D eigenvalue weighted by molar-refractivity contribution is -0.116. The van der Waals surface area contributed by atoms with Gasteiger partial charge in [-0.2, -0.15) is 10.1 Å². The zero-order chi connectivity index (χ0) is 16.8. The quantitative estimate of drug-likeness (QED) is 0.819. The van der Waals surface area contributed by atoms with Crippen LogP contribution in [0.1, 0.15) is 30.9 Å². The predicted octanol–water partition coefficient (Wildman–Crippen LogP) is 2.78. The van der Waals surface area contributed by atoms with Gasteiger partial charge in [0.25, 0.3) is 0 Å². The number of Topliss-reactive ketones (excluding diaryl/α,β-unsaturated/α-hetero) is 1. The van der Waals surface area contributed by atoms with E-state index in [2.05, 4.69) is 31.3 Å². The molecular formula is C16H15BrN4O3. The van der Waals surface area contributed by atoms with Crippen molar-refractivity contribution in [2.45, 2.75) is 25.3 Å². The number of benzene rings is 1. The summed E-state index contributed by atoms with van der Waals surface area (Å²) in [7, 11) is 1.49. The van der Waals surface area contributed by atoms with Crippen molar-refractivity contribution >= 4 is 27.7 Å². The molecule has 24 heavy (non-hydrogen) atoms. The van der Waals surface area contributed by atoms with E-state index in [1.807, 2.05) is 0 Å². The van der Waals surface area contributed by atoms with Gasteiger partial charge in [0.2, 0.25) is 5.95 Å². The largest absolute Gasteiger partial charge is 0.503 e. The van der Waals surface area contributed by atoms with E-state index in [4.69, 9.17) is 4.74 Å². The van der Waals surface area contributed by atoms with E-state index in [0.717, 1.165) is 24.1 Å². The molecule has 0 unspecified atom stereocenters. The SMILES string of the molecule is COc1cc([C@H]2C3=C(CCCC3=O)Nc3ncnn32)cc(Br)c1O. The summed E-state index contributed by atoms with van der Waals surface area (Å²) in [6.07, 6.45) is 3.62. The number of aromatic hydroxyl groups is 1. The highest BCUT2D eigenvalue weighted by atomic mass is 79.9. The number of hydrogen-bond donors (Lipinski definition) is 2. The highest BCUT2D eigenvalue weighted by molar-refractivity contribution is 9.10. The molecule has 0 spiro atoms. The summed E-state index contributed by atoms with van der Waals surface area (Å²) in [6.45, 7) is 0. The first kappa shape index (κ1) is 15.2. The Hall–Kier alpha value is -2.35. The van der Waals surface area contributed by atoms with Gasteiger partial charge in [0.05, 0.1) is 11.6 Å². The average Bonchev–Trinajstić information content (AvgIpc) is 3.03. The maximum absolute atomic E-state index is 12.6. The number of nitrogens with one attached hydrogen (secondary N) is 1. The van der Waals surface area contributed by atoms with E-state index in [1.54, 1.807) is 16.8 Å². The molecule has 1 atom stereocenters. The van der Waals surface area contributed by atoms with Gasteiger partial charge in [-0.25, -0.2) is 4.68 Å². The van der Waals surface area contributed by atoms with Crippen LogP contribution in [0, 0.1) is 0 Å². The normalized spacial score (nSPS) is 19.6. The van der Waals surface area contributed by atoms with Crippen LogP contribution < -0.4 is 10.1 Å². The number of nitrogens with zero attached hydrogens (tertiary/aromatic N) is 3. The van der Waals surface area contributed by atoms with E-state index in [9.17, 15) is 9.90 Å². The van der Waals surface area contributed by atoms with Gasteiger partial charge in [-0.1, -0.05) is 0 Å². The number of carbonyl (C=O) groups excluding carboxylic acids is 1. The molecule has 2 aromatic rings. The lowest BCUT2D eigenvalue weighted by Gasteiger charge is -2.32. The molecule has 0 amide bonds. The van der Waals surface area contributed by atoms with E-state index in [-0.39, 0.29) is 11.5 Å². The van der Waals surface area contributed by atoms with Gasteiger partial charge in [0.1, 0.15) is 12.4 Å². The molecule has 4 rings (SSSR count). The fraction of sp³-hybridized carbons (Fsp3) is 0.312. The van der Waals surface area contributed by atoms with Crippen LogP contribution in [0.3, 0.4) is 0 Å². The number of fused-ring (bicyclic) bond motifs is 1. The Morgan fingerprint density at radius 1 is 1.42 bits per heavy atom. The number of phenolic OH excluding ortho intramolecular Hbond substituents is 1. The van der Waals surface area contributed by atoms with E-state index < -0.39 is 6.04 Å². The molecule has 0 fully saturated rings. The van der Waals surface area contributed by atoms with Crippen molar-refractivity contribution < 1.29 is 14.6 Å². The first-order valence-electron chi connectivity index (χ1n) is 7.59. The Morgan fingerprint density at radius 2 is 2.25 bits per heavy atom. The molecule has 0 bridgehead atoms. The van der Waals surface area contributed by atoms with Crippen LogP contribution in [0.15, 0.2) is 34.2 Å². The molecule has 2 N–H and O–H groups in total. The third kappa shape index (κ3) is 2.21. The summed E-state index contributed by atoms with van der Waals surface area (Å²) in [5.41, 5.74) is 2.41. The third-order valence-corrected chi connectivity index (χ3v) is 5.00. The minimum Gasteiger partial charge on any atom is -0.503 e. The Labute approximate surface area is 146 Å². The molecule has 0 saturated carbocycles. The van der Waals surface area contributed by atoms with Gasteiger partial charge in [-0.3, -0.25) is 4.79 Å². The van der Waals surface area contributed by atoms with Crippen molar-refractivity contribution in [2.75, 3.05) is 12.4 Å². The van der Waals surface area contributed by atoms with Crippen LogP contribution in [0.4, 0.5) is 5.95 Å². The predicted molar refractivity (Wildman–Crippen MR) is 90.0 cm³/mol. The number of hydrogen-bond acceptors (Lipinski definition) is 6. The molecule has 0 radical (unpaired) electrons. The molecule has 2 aliphatic rings. The molecule has 8 heteroatoms. The van der Waals surface area contributed by atoms with Gasteiger partial charge in [0, 0.05) is 17.7 Å². The zero-order valence-corrected chi connectivity index (χ0v) is 14.5. The molecular weight excluding hydrogens is 376 g/mol. The van der Waals surface area contributed by atoms with Gasteiger partial charge in [-0.05, 0) is 46.5 Å². The Bertz CT molecular complexity index is 874. The number of anilines is 1. The van der Waals surface area contributed by atoms with Gasteiger partial charge in [0.15, 0.2) is 17.3 Å². The fourth-order valence-corrected chi connectivity index (χ4v) is 3.77. The Balaban J connectivity index is 1.94. The second kappa shape index (κ2) is 5.62. The van der Waals surface area contributed by atoms with Gasteiger partial charge < -0.3 is 15.2 Å². The van der Waals surface area contributed by atoms with E-state index in [1.165, 1.54) is 13.4 Å². The number of methoxy groups -OCH3 is 1. The monoisotopic (exact) mass is 390 g/mol. The highest BCUT2D eigenvalue weighted by Crippen LogP contribution is 2.43. The van der Waals surface area contributed by atoms with Crippen LogP contribution in [0.5, 0.6) is 11.5 Å². The van der Waals surface area contributed by atoms with Crippen molar-refractivity contribution in [3.8, 4) is 11.5 Å². The summed E-state index contributed by atoms with van der Waals surface area (Å²) in [4.78, 5) is 16.8. The summed E-state index contributed by atoms with van der Waals surface area (Å²) >= 11 is 3.35. The van der Waals surface area contributed by atoms with Gasteiger partial charge in [-0.15, -0.1) is 0 Å². The Kier molecular flexibility index (Phi) is 3.56.